The molecule has 0 saturated heterocycles. The number of aryl methyl sites for hydroxylation is 1. The maximum Gasteiger partial charge on any atom is 0.250 e. The van der Waals surface area contributed by atoms with Crippen LogP contribution in [0.1, 0.15) is 25.3 Å². The molecule has 1 heterocycles. The van der Waals surface area contributed by atoms with Crippen LogP contribution in [-0.2, 0) is 13.1 Å². The number of guanidine groups is 1. The quantitative estimate of drug-likeness (QED) is 0.432. The normalized spacial score (nSPS) is 11.4. The number of nitrogens with zero attached hydrogens (tertiary/aromatic N) is 2. The molecule has 0 atom stereocenters. The Morgan fingerprint density at radius 2 is 1.92 bits per heavy atom. The molecule has 0 aliphatic carbocycles. The standard InChI is InChI=1S/C19H25ClN4O/c1-2-21-19(23-15-16-9-3-4-10-17(16)20)22-12-6-8-14-24-13-7-5-11-18(24)25/h3-5,7,9-11,13H,2,6,8,12,14-15H2,1H3,(H2,21,22,23). The smallest absolute Gasteiger partial charge is 0.250 e. The summed E-state index contributed by atoms with van der Waals surface area (Å²) in [5, 5.41) is 7.28. The highest BCUT2D eigenvalue weighted by molar-refractivity contribution is 6.31. The molecule has 0 aliphatic heterocycles. The van der Waals surface area contributed by atoms with Crippen molar-refractivity contribution in [1.82, 2.24) is 15.2 Å². The molecule has 0 bridgehead atoms. The fourth-order valence-electron chi connectivity index (χ4n) is 2.39. The Bertz CT molecular complexity index is 742. The van der Waals surface area contributed by atoms with Crippen LogP contribution in [0.4, 0.5) is 0 Å². The minimum Gasteiger partial charge on any atom is -0.357 e. The lowest BCUT2D eigenvalue weighted by Gasteiger charge is -2.12. The first-order chi connectivity index (χ1) is 12.2. The number of aliphatic imine (C=N–C) groups is 1. The highest BCUT2D eigenvalue weighted by Gasteiger charge is 2.01. The third kappa shape index (κ3) is 6.63. The Kier molecular flexibility index (Phi) is 8.05. The van der Waals surface area contributed by atoms with Crippen molar-refractivity contribution >= 4 is 17.6 Å². The molecule has 0 aliphatic rings. The van der Waals surface area contributed by atoms with E-state index in [-0.39, 0.29) is 5.56 Å². The topological polar surface area (TPSA) is 58.4 Å². The van der Waals surface area contributed by atoms with E-state index in [2.05, 4.69) is 15.6 Å². The highest BCUT2D eigenvalue weighted by atomic mass is 35.5. The number of hydrogen-bond donors (Lipinski definition) is 2. The number of hydrogen-bond acceptors (Lipinski definition) is 2. The second kappa shape index (κ2) is 10.6. The van der Waals surface area contributed by atoms with Gasteiger partial charge in [0.05, 0.1) is 6.54 Å². The molecule has 2 rings (SSSR count). The summed E-state index contributed by atoms with van der Waals surface area (Å²) in [5.74, 6) is 0.777. The van der Waals surface area contributed by atoms with E-state index in [1.165, 1.54) is 0 Å². The van der Waals surface area contributed by atoms with Gasteiger partial charge in [0.25, 0.3) is 0 Å². The average molecular weight is 361 g/mol. The summed E-state index contributed by atoms with van der Waals surface area (Å²) in [6.45, 7) is 4.90. The van der Waals surface area contributed by atoms with Gasteiger partial charge in [0.1, 0.15) is 0 Å². The van der Waals surface area contributed by atoms with Crippen LogP contribution in [-0.4, -0.2) is 23.6 Å². The molecular weight excluding hydrogens is 336 g/mol. The summed E-state index contributed by atoms with van der Waals surface area (Å²) in [5.41, 5.74) is 1.05. The monoisotopic (exact) mass is 360 g/mol. The van der Waals surface area contributed by atoms with Gasteiger partial charge in [-0.2, -0.15) is 0 Å². The molecule has 0 radical (unpaired) electrons. The number of rotatable bonds is 8. The lowest BCUT2D eigenvalue weighted by atomic mass is 10.2. The van der Waals surface area contributed by atoms with Crippen molar-refractivity contribution < 1.29 is 0 Å². The highest BCUT2D eigenvalue weighted by Crippen LogP contribution is 2.15. The van der Waals surface area contributed by atoms with Gasteiger partial charge >= 0.3 is 0 Å². The van der Waals surface area contributed by atoms with E-state index >= 15 is 0 Å². The molecule has 134 valence electrons. The summed E-state index contributed by atoms with van der Waals surface area (Å²) >= 11 is 6.16. The number of benzene rings is 1. The van der Waals surface area contributed by atoms with Gasteiger partial charge in [-0.15, -0.1) is 0 Å². The van der Waals surface area contributed by atoms with Crippen molar-refractivity contribution in [3.05, 3.63) is 69.6 Å². The maximum absolute atomic E-state index is 11.6. The van der Waals surface area contributed by atoms with Crippen LogP contribution in [0.2, 0.25) is 5.02 Å². The number of unbranched alkanes of at least 4 members (excludes halogenated alkanes) is 1. The van der Waals surface area contributed by atoms with E-state index in [4.69, 9.17) is 11.6 Å². The Morgan fingerprint density at radius 1 is 1.12 bits per heavy atom. The van der Waals surface area contributed by atoms with Gasteiger partial charge in [-0.1, -0.05) is 35.9 Å². The second-order valence-corrected chi connectivity index (χ2v) is 6.06. The van der Waals surface area contributed by atoms with Crippen LogP contribution >= 0.6 is 11.6 Å². The van der Waals surface area contributed by atoms with Crippen LogP contribution in [0.15, 0.2) is 58.4 Å². The van der Waals surface area contributed by atoms with E-state index in [0.717, 1.165) is 49.0 Å². The zero-order chi connectivity index (χ0) is 17.9. The van der Waals surface area contributed by atoms with Gasteiger partial charge < -0.3 is 15.2 Å². The van der Waals surface area contributed by atoms with Crippen molar-refractivity contribution in [1.29, 1.82) is 0 Å². The third-order valence-electron chi connectivity index (χ3n) is 3.73. The fourth-order valence-corrected chi connectivity index (χ4v) is 2.59. The van der Waals surface area contributed by atoms with Crippen molar-refractivity contribution in [2.45, 2.75) is 32.9 Å². The van der Waals surface area contributed by atoms with Crippen molar-refractivity contribution in [2.24, 2.45) is 4.99 Å². The molecule has 0 spiro atoms. The van der Waals surface area contributed by atoms with Crippen LogP contribution < -0.4 is 16.2 Å². The van der Waals surface area contributed by atoms with E-state index < -0.39 is 0 Å². The van der Waals surface area contributed by atoms with Gasteiger partial charge in [-0.3, -0.25) is 4.79 Å². The molecule has 0 unspecified atom stereocenters. The predicted molar refractivity (Wildman–Crippen MR) is 104 cm³/mol. The Morgan fingerprint density at radius 3 is 2.68 bits per heavy atom. The molecule has 25 heavy (non-hydrogen) atoms. The van der Waals surface area contributed by atoms with Gasteiger partial charge in [-0.25, -0.2) is 4.99 Å². The maximum atomic E-state index is 11.6. The summed E-state index contributed by atoms with van der Waals surface area (Å²) in [6, 6.07) is 13.0. The lowest BCUT2D eigenvalue weighted by Crippen LogP contribution is -2.37. The molecule has 5 nitrogen and oxygen atoms in total. The third-order valence-corrected chi connectivity index (χ3v) is 4.10. The number of nitrogens with one attached hydrogen (secondary N) is 2. The van der Waals surface area contributed by atoms with E-state index in [1.807, 2.05) is 43.5 Å². The SMILES string of the molecule is CCNC(=NCc1ccccc1Cl)NCCCCn1ccccc1=O. The van der Waals surface area contributed by atoms with E-state index in [9.17, 15) is 4.79 Å². The van der Waals surface area contributed by atoms with Gasteiger partial charge in [0.15, 0.2) is 5.96 Å². The summed E-state index contributed by atoms with van der Waals surface area (Å²) in [7, 11) is 0. The van der Waals surface area contributed by atoms with Gasteiger partial charge in [-0.05, 0) is 37.5 Å². The molecule has 6 heteroatoms. The first kappa shape index (κ1) is 19.1. The van der Waals surface area contributed by atoms with Crippen molar-refractivity contribution in [2.75, 3.05) is 13.1 Å². The molecule has 1 aromatic heterocycles. The fraction of sp³-hybridized carbons (Fsp3) is 0.368. The van der Waals surface area contributed by atoms with Crippen molar-refractivity contribution in [3.8, 4) is 0 Å². The molecule has 0 saturated carbocycles. The Balaban J connectivity index is 1.77. The zero-order valence-electron chi connectivity index (χ0n) is 14.5. The first-order valence-corrected chi connectivity index (χ1v) is 8.99. The number of halogens is 1. The molecule has 0 fully saturated rings. The number of aromatic nitrogens is 1. The summed E-state index contributed by atoms with van der Waals surface area (Å²) < 4.78 is 1.73. The molecule has 0 amide bonds. The lowest BCUT2D eigenvalue weighted by molar-refractivity contribution is 0.585. The Labute approximate surface area is 153 Å². The number of pyridine rings is 1. The largest absolute Gasteiger partial charge is 0.357 e. The zero-order valence-corrected chi connectivity index (χ0v) is 15.3. The predicted octanol–water partition coefficient (Wildman–Crippen LogP) is 3.04. The van der Waals surface area contributed by atoms with Gasteiger partial charge in [0.2, 0.25) is 5.56 Å². The molecule has 1 aromatic carbocycles. The summed E-state index contributed by atoms with van der Waals surface area (Å²) in [6.07, 6.45) is 3.71. The molecule has 2 aromatic rings. The van der Waals surface area contributed by atoms with Crippen LogP contribution in [0.5, 0.6) is 0 Å². The van der Waals surface area contributed by atoms with Crippen LogP contribution in [0.25, 0.3) is 0 Å². The van der Waals surface area contributed by atoms with E-state index in [0.29, 0.717) is 6.54 Å². The average Bonchev–Trinajstić information content (AvgIpc) is 2.62. The van der Waals surface area contributed by atoms with Crippen LogP contribution in [0, 0.1) is 0 Å². The second-order valence-electron chi connectivity index (χ2n) is 5.65. The molecule has 2 N–H and O–H groups in total. The summed E-state index contributed by atoms with van der Waals surface area (Å²) in [4.78, 5) is 16.2. The van der Waals surface area contributed by atoms with Gasteiger partial charge in [0, 0.05) is 36.9 Å². The minimum absolute atomic E-state index is 0.0464. The Hall–Kier alpha value is -2.27. The molecular formula is C19H25ClN4O. The van der Waals surface area contributed by atoms with Crippen molar-refractivity contribution in [3.63, 3.8) is 0 Å². The van der Waals surface area contributed by atoms with Crippen LogP contribution in [0.3, 0.4) is 0 Å². The minimum atomic E-state index is 0.0464. The first-order valence-electron chi connectivity index (χ1n) is 8.61. The van der Waals surface area contributed by atoms with E-state index in [1.54, 1.807) is 16.7 Å².